The van der Waals surface area contributed by atoms with Crippen molar-refractivity contribution in [2.24, 2.45) is 5.92 Å². The maximum atomic E-state index is 11.6. The standard InChI is InChI=1S/C13H17NO2/c1-9-5-6-11(12(15)7-9)14-13(16)8-10-3-2-4-10/h5-7,10,15H,2-4,8H2,1H3,(H,14,16). The lowest BCUT2D eigenvalue weighted by atomic mass is 9.83. The average Bonchev–Trinajstić information content (AvgIpc) is 2.16. The number of aryl methyl sites for hydroxylation is 1. The van der Waals surface area contributed by atoms with Crippen molar-refractivity contribution >= 4 is 11.6 Å². The summed E-state index contributed by atoms with van der Waals surface area (Å²) in [5, 5.41) is 12.4. The van der Waals surface area contributed by atoms with E-state index < -0.39 is 0 Å². The van der Waals surface area contributed by atoms with Crippen molar-refractivity contribution in [2.75, 3.05) is 5.32 Å². The van der Waals surface area contributed by atoms with Gasteiger partial charge in [0.1, 0.15) is 5.75 Å². The van der Waals surface area contributed by atoms with E-state index in [9.17, 15) is 9.90 Å². The Bertz CT molecular complexity index is 397. The van der Waals surface area contributed by atoms with Crippen molar-refractivity contribution in [1.29, 1.82) is 0 Å². The third-order valence-corrected chi connectivity index (χ3v) is 3.13. The van der Waals surface area contributed by atoms with E-state index in [-0.39, 0.29) is 11.7 Å². The second-order valence-electron chi connectivity index (χ2n) is 4.57. The highest BCUT2D eigenvalue weighted by atomic mass is 16.3. The monoisotopic (exact) mass is 219 g/mol. The van der Waals surface area contributed by atoms with Crippen LogP contribution in [-0.4, -0.2) is 11.0 Å². The second kappa shape index (κ2) is 4.56. The molecule has 1 aromatic rings. The molecular formula is C13H17NO2. The molecule has 1 aliphatic carbocycles. The summed E-state index contributed by atoms with van der Waals surface area (Å²) in [6.07, 6.45) is 4.14. The fourth-order valence-electron chi connectivity index (χ4n) is 1.91. The summed E-state index contributed by atoms with van der Waals surface area (Å²) in [4.78, 5) is 11.6. The molecule has 3 heteroatoms. The Morgan fingerprint density at radius 3 is 2.81 bits per heavy atom. The number of hydrogen-bond acceptors (Lipinski definition) is 2. The molecule has 2 rings (SSSR count). The van der Waals surface area contributed by atoms with Crippen LogP contribution in [0, 0.1) is 12.8 Å². The van der Waals surface area contributed by atoms with E-state index >= 15 is 0 Å². The van der Waals surface area contributed by atoms with Gasteiger partial charge in [0.05, 0.1) is 5.69 Å². The number of phenols is 1. The molecule has 3 nitrogen and oxygen atoms in total. The molecule has 0 radical (unpaired) electrons. The summed E-state index contributed by atoms with van der Waals surface area (Å²) in [5.74, 6) is 0.693. The Morgan fingerprint density at radius 2 is 2.25 bits per heavy atom. The molecule has 0 aliphatic heterocycles. The highest BCUT2D eigenvalue weighted by Gasteiger charge is 2.20. The maximum Gasteiger partial charge on any atom is 0.224 e. The smallest absolute Gasteiger partial charge is 0.224 e. The zero-order chi connectivity index (χ0) is 11.5. The third kappa shape index (κ3) is 2.54. The lowest BCUT2D eigenvalue weighted by molar-refractivity contribution is -0.117. The quantitative estimate of drug-likeness (QED) is 0.768. The van der Waals surface area contributed by atoms with Gasteiger partial charge in [-0.05, 0) is 43.4 Å². The highest BCUT2D eigenvalue weighted by Crippen LogP contribution is 2.30. The molecule has 1 fully saturated rings. The van der Waals surface area contributed by atoms with Crippen molar-refractivity contribution in [3.63, 3.8) is 0 Å². The van der Waals surface area contributed by atoms with Crippen molar-refractivity contribution in [3.8, 4) is 5.75 Å². The lowest BCUT2D eigenvalue weighted by Crippen LogP contribution is -2.20. The predicted molar refractivity (Wildman–Crippen MR) is 63.4 cm³/mol. The minimum absolute atomic E-state index is 0.00357. The molecule has 1 saturated carbocycles. The van der Waals surface area contributed by atoms with Crippen LogP contribution in [0.2, 0.25) is 0 Å². The number of anilines is 1. The topological polar surface area (TPSA) is 49.3 Å². The summed E-state index contributed by atoms with van der Waals surface area (Å²) in [7, 11) is 0. The van der Waals surface area contributed by atoms with Crippen LogP contribution in [0.5, 0.6) is 5.75 Å². The number of rotatable bonds is 3. The Labute approximate surface area is 95.5 Å². The molecule has 1 amide bonds. The number of amides is 1. The molecule has 0 saturated heterocycles. The third-order valence-electron chi connectivity index (χ3n) is 3.13. The van der Waals surface area contributed by atoms with E-state index in [0.29, 0.717) is 18.0 Å². The second-order valence-corrected chi connectivity index (χ2v) is 4.57. The van der Waals surface area contributed by atoms with E-state index in [1.807, 2.05) is 13.0 Å². The Kier molecular flexibility index (Phi) is 3.13. The molecule has 0 spiro atoms. The van der Waals surface area contributed by atoms with Crippen LogP contribution in [0.1, 0.15) is 31.2 Å². The fourth-order valence-corrected chi connectivity index (χ4v) is 1.91. The van der Waals surface area contributed by atoms with Crippen molar-refractivity contribution in [2.45, 2.75) is 32.6 Å². The molecule has 1 aromatic carbocycles. The van der Waals surface area contributed by atoms with Crippen LogP contribution in [0.15, 0.2) is 18.2 Å². The van der Waals surface area contributed by atoms with Gasteiger partial charge in [0.15, 0.2) is 0 Å². The molecule has 0 aromatic heterocycles. The first kappa shape index (κ1) is 11.0. The predicted octanol–water partition coefficient (Wildman–Crippen LogP) is 2.83. The molecule has 0 bridgehead atoms. The molecule has 0 heterocycles. The van der Waals surface area contributed by atoms with Gasteiger partial charge in [-0.2, -0.15) is 0 Å². The lowest BCUT2D eigenvalue weighted by Gasteiger charge is -2.24. The Hall–Kier alpha value is -1.51. The SMILES string of the molecule is Cc1ccc(NC(=O)CC2CCC2)c(O)c1. The number of aromatic hydroxyl groups is 1. The van der Waals surface area contributed by atoms with E-state index in [1.165, 1.54) is 6.42 Å². The van der Waals surface area contributed by atoms with E-state index in [2.05, 4.69) is 5.32 Å². The zero-order valence-electron chi connectivity index (χ0n) is 9.49. The first-order chi connectivity index (χ1) is 7.65. The van der Waals surface area contributed by atoms with Gasteiger partial charge >= 0.3 is 0 Å². The van der Waals surface area contributed by atoms with Gasteiger partial charge in [0.2, 0.25) is 5.91 Å². The van der Waals surface area contributed by atoms with Crippen LogP contribution in [0.4, 0.5) is 5.69 Å². The molecule has 2 N–H and O–H groups in total. The molecule has 0 atom stereocenters. The summed E-state index contributed by atoms with van der Waals surface area (Å²) in [5.41, 5.74) is 1.49. The number of hydrogen-bond donors (Lipinski definition) is 2. The van der Waals surface area contributed by atoms with Gasteiger partial charge in [0, 0.05) is 6.42 Å². The van der Waals surface area contributed by atoms with Gasteiger partial charge in [0.25, 0.3) is 0 Å². The number of carbonyl (C=O) groups is 1. The summed E-state index contributed by atoms with van der Waals surface area (Å²) in [6, 6.07) is 5.26. The maximum absolute atomic E-state index is 11.6. The van der Waals surface area contributed by atoms with E-state index in [0.717, 1.165) is 18.4 Å². The van der Waals surface area contributed by atoms with Gasteiger partial charge in [-0.15, -0.1) is 0 Å². The summed E-state index contributed by atoms with van der Waals surface area (Å²) >= 11 is 0. The normalized spacial score (nSPS) is 15.6. The van der Waals surface area contributed by atoms with Gasteiger partial charge < -0.3 is 10.4 Å². The van der Waals surface area contributed by atoms with Crippen molar-refractivity contribution in [1.82, 2.24) is 0 Å². The summed E-state index contributed by atoms with van der Waals surface area (Å²) < 4.78 is 0. The van der Waals surface area contributed by atoms with E-state index in [4.69, 9.17) is 0 Å². The molecule has 86 valence electrons. The van der Waals surface area contributed by atoms with Crippen LogP contribution in [0.25, 0.3) is 0 Å². The van der Waals surface area contributed by atoms with Crippen LogP contribution in [-0.2, 0) is 4.79 Å². The average molecular weight is 219 g/mol. The number of nitrogens with one attached hydrogen (secondary N) is 1. The zero-order valence-corrected chi connectivity index (χ0v) is 9.49. The minimum atomic E-state index is 0.00357. The van der Waals surface area contributed by atoms with E-state index in [1.54, 1.807) is 12.1 Å². The van der Waals surface area contributed by atoms with Crippen molar-refractivity contribution in [3.05, 3.63) is 23.8 Å². The summed E-state index contributed by atoms with van der Waals surface area (Å²) in [6.45, 7) is 1.90. The number of benzene rings is 1. The number of phenolic OH excluding ortho intramolecular Hbond substituents is 1. The minimum Gasteiger partial charge on any atom is -0.506 e. The van der Waals surface area contributed by atoms with Gasteiger partial charge in [-0.3, -0.25) is 4.79 Å². The molecule has 0 unspecified atom stereocenters. The molecule has 1 aliphatic rings. The molecule has 16 heavy (non-hydrogen) atoms. The Morgan fingerprint density at radius 1 is 1.50 bits per heavy atom. The van der Waals surface area contributed by atoms with Crippen LogP contribution < -0.4 is 5.32 Å². The fraction of sp³-hybridized carbons (Fsp3) is 0.462. The van der Waals surface area contributed by atoms with Crippen LogP contribution in [0.3, 0.4) is 0 Å². The Balaban J connectivity index is 1.94. The largest absolute Gasteiger partial charge is 0.506 e. The van der Waals surface area contributed by atoms with Crippen molar-refractivity contribution < 1.29 is 9.90 Å². The molecular weight excluding hydrogens is 202 g/mol. The van der Waals surface area contributed by atoms with Gasteiger partial charge in [-0.1, -0.05) is 12.5 Å². The van der Waals surface area contributed by atoms with Gasteiger partial charge in [-0.25, -0.2) is 0 Å². The van der Waals surface area contributed by atoms with Crippen LogP contribution >= 0.6 is 0 Å². The highest BCUT2D eigenvalue weighted by molar-refractivity contribution is 5.92. The number of carbonyl (C=O) groups excluding carboxylic acids is 1. The first-order valence-corrected chi connectivity index (χ1v) is 5.74. The first-order valence-electron chi connectivity index (χ1n) is 5.74.